The fourth-order valence-electron chi connectivity index (χ4n) is 1.95. The van der Waals surface area contributed by atoms with Crippen molar-refractivity contribution in [1.29, 1.82) is 0 Å². The van der Waals surface area contributed by atoms with E-state index in [0.29, 0.717) is 18.2 Å². The van der Waals surface area contributed by atoms with Crippen LogP contribution >= 0.6 is 11.6 Å². The lowest BCUT2D eigenvalue weighted by atomic mass is 10.1. The molecule has 0 aromatic heterocycles. The summed E-state index contributed by atoms with van der Waals surface area (Å²) in [5, 5.41) is 0.702. The van der Waals surface area contributed by atoms with Gasteiger partial charge in [0.1, 0.15) is 12.4 Å². The van der Waals surface area contributed by atoms with Gasteiger partial charge in [-0.3, -0.25) is 0 Å². The van der Waals surface area contributed by atoms with E-state index >= 15 is 0 Å². The minimum atomic E-state index is 0.466. The van der Waals surface area contributed by atoms with Gasteiger partial charge in [0.2, 0.25) is 0 Å². The summed E-state index contributed by atoms with van der Waals surface area (Å²) in [6.45, 7) is 5.08. The summed E-state index contributed by atoms with van der Waals surface area (Å²) in [5.74, 6) is 0.893. The highest BCUT2D eigenvalue weighted by atomic mass is 35.5. The van der Waals surface area contributed by atoms with Crippen molar-refractivity contribution in [3.63, 3.8) is 0 Å². The SMILES string of the molecule is Cc1ccc(OCc2ccc(CN)cc2Cl)c(C)c1. The van der Waals surface area contributed by atoms with E-state index in [9.17, 15) is 0 Å². The molecule has 0 aliphatic rings. The van der Waals surface area contributed by atoms with Crippen LogP contribution in [0.1, 0.15) is 22.3 Å². The van der Waals surface area contributed by atoms with E-state index in [1.54, 1.807) is 0 Å². The molecule has 0 radical (unpaired) electrons. The summed E-state index contributed by atoms with van der Waals surface area (Å²) in [6.07, 6.45) is 0. The summed E-state index contributed by atoms with van der Waals surface area (Å²) in [6, 6.07) is 12.0. The molecular weight excluding hydrogens is 258 g/mol. The molecule has 0 atom stereocenters. The van der Waals surface area contributed by atoms with Crippen molar-refractivity contribution >= 4 is 11.6 Å². The third kappa shape index (κ3) is 3.49. The normalized spacial score (nSPS) is 10.5. The Morgan fingerprint density at radius 2 is 1.89 bits per heavy atom. The van der Waals surface area contributed by atoms with Gasteiger partial charge in [-0.2, -0.15) is 0 Å². The molecule has 0 unspecified atom stereocenters. The van der Waals surface area contributed by atoms with E-state index in [1.165, 1.54) is 5.56 Å². The number of hydrogen-bond donors (Lipinski definition) is 1. The molecule has 0 saturated carbocycles. The molecule has 2 rings (SSSR count). The Morgan fingerprint density at radius 1 is 1.11 bits per heavy atom. The molecule has 0 aliphatic heterocycles. The molecule has 0 amide bonds. The summed E-state index contributed by atoms with van der Waals surface area (Å²) < 4.78 is 5.82. The number of rotatable bonds is 4. The molecule has 0 spiro atoms. The van der Waals surface area contributed by atoms with Crippen molar-refractivity contribution in [1.82, 2.24) is 0 Å². The maximum Gasteiger partial charge on any atom is 0.122 e. The topological polar surface area (TPSA) is 35.2 Å². The molecule has 3 heteroatoms. The number of hydrogen-bond acceptors (Lipinski definition) is 2. The number of halogens is 1. The Balaban J connectivity index is 2.10. The number of benzene rings is 2. The zero-order chi connectivity index (χ0) is 13.8. The average molecular weight is 276 g/mol. The van der Waals surface area contributed by atoms with Crippen molar-refractivity contribution in [3.05, 3.63) is 63.7 Å². The first-order valence-corrected chi connectivity index (χ1v) is 6.65. The van der Waals surface area contributed by atoms with Gasteiger partial charge < -0.3 is 10.5 Å². The summed E-state index contributed by atoms with van der Waals surface area (Å²) in [4.78, 5) is 0. The average Bonchev–Trinajstić information content (AvgIpc) is 2.39. The lowest BCUT2D eigenvalue weighted by Crippen LogP contribution is -2.00. The van der Waals surface area contributed by atoms with Crippen LogP contribution in [0.3, 0.4) is 0 Å². The highest BCUT2D eigenvalue weighted by Gasteiger charge is 2.04. The molecule has 0 bridgehead atoms. The highest BCUT2D eigenvalue weighted by Crippen LogP contribution is 2.23. The predicted molar refractivity (Wildman–Crippen MR) is 79.6 cm³/mol. The van der Waals surface area contributed by atoms with E-state index in [4.69, 9.17) is 22.1 Å². The molecule has 2 nitrogen and oxygen atoms in total. The second-order valence-corrected chi connectivity index (χ2v) is 5.09. The highest BCUT2D eigenvalue weighted by molar-refractivity contribution is 6.31. The lowest BCUT2D eigenvalue weighted by molar-refractivity contribution is 0.304. The van der Waals surface area contributed by atoms with Gasteiger partial charge in [0.15, 0.2) is 0 Å². The monoisotopic (exact) mass is 275 g/mol. The first-order chi connectivity index (χ1) is 9.10. The number of ether oxygens (including phenoxy) is 1. The molecule has 2 aromatic carbocycles. The third-order valence-corrected chi connectivity index (χ3v) is 3.42. The second-order valence-electron chi connectivity index (χ2n) is 4.69. The second kappa shape index (κ2) is 6.09. The first kappa shape index (κ1) is 13.9. The van der Waals surface area contributed by atoms with Gasteiger partial charge in [-0.05, 0) is 37.1 Å². The van der Waals surface area contributed by atoms with Crippen LogP contribution in [0.4, 0.5) is 0 Å². The van der Waals surface area contributed by atoms with Crippen molar-refractivity contribution in [2.45, 2.75) is 27.0 Å². The van der Waals surface area contributed by atoms with Crippen molar-refractivity contribution < 1.29 is 4.74 Å². The van der Waals surface area contributed by atoms with Crippen LogP contribution in [0.2, 0.25) is 5.02 Å². The van der Waals surface area contributed by atoms with Crippen LogP contribution in [0.25, 0.3) is 0 Å². The van der Waals surface area contributed by atoms with Crippen LogP contribution in [0.15, 0.2) is 36.4 Å². The minimum Gasteiger partial charge on any atom is -0.489 e. The van der Waals surface area contributed by atoms with Gasteiger partial charge in [0, 0.05) is 17.1 Å². The minimum absolute atomic E-state index is 0.466. The van der Waals surface area contributed by atoms with E-state index in [0.717, 1.165) is 22.4 Å². The van der Waals surface area contributed by atoms with E-state index in [-0.39, 0.29) is 0 Å². The fraction of sp³-hybridized carbons (Fsp3) is 0.250. The number of aryl methyl sites for hydroxylation is 2. The predicted octanol–water partition coefficient (Wildman–Crippen LogP) is 3.99. The van der Waals surface area contributed by atoms with Crippen molar-refractivity contribution in [2.24, 2.45) is 5.73 Å². The van der Waals surface area contributed by atoms with Crippen LogP contribution in [0, 0.1) is 13.8 Å². The van der Waals surface area contributed by atoms with Gasteiger partial charge in [-0.1, -0.05) is 41.4 Å². The Bertz CT molecular complexity index is 581. The molecule has 0 heterocycles. The van der Waals surface area contributed by atoms with E-state index in [2.05, 4.69) is 13.0 Å². The Labute approximate surface area is 119 Å². The Hall–Kier alpha value is -1.51. The van der Waals surface area contributed by atoms with E-state index in [1.807, 2.05) is 37.3 Å². The fourth-order valence-corrected chi connectivity index (χ4v) is 2.21. The molecule has 100 valence electrons. The van der Waals surface area contributed by atoms with E-state index < -0.39 is 0 Å². The van der Waals surface area contributed by atoms with Crippen molar-refractivity contribution in [3.8, 4) is 5.75 Å². The van der Waals surface area contributed by atoms with Crippen LogP contribution in [-0.4, -0.2) is 0 Å². The van der Waals surface area contributed by atoms with Gasteiger partial charge in [0.25, 0.3) is 0 Å². The summed E-state index contributed by atoms with van der Waals surface area (Å²) in [7, 11) is 0. The zero-order valence-corrected chi connectivity index (χ0v) is 12.0. The smallest absolute Gasteiger partial charge is 0.122 e. The maximum absolute atomic E-state index is 6.20. The Kier molecular flexibility index (Phi) is 4.46. The molecule has 2 aromatic rings. The molecule has 0 aliphatic carbocycles. The van der Waals surface area contributed by atoms with Gasteiger partial charge in [-0.25, -0.2) is 0 Å². The Morgan fingerprint density at radius 3 is 2.53 bits per heavy atom. The standard InChI is InChI=1S/C16H18ClNO/c1-11-3-6-16(12(2)7-11)19-10-14-5-4-13(9-18)8-15(14)17/h3-8H,9-10,18H2,1-2H3. The molecule has 0 fully saturated rings. The quantitative estimate of drug-likeness (QED) is 0.915. The summed E-state index contributed by atoms with van der Waals surface area (Å²) in [5.41, 5.74) is 9.94. The molecular formula is C16H18ClNO. The number of nitrogens with two attached hydrogens (primary N) is 1. The van der Waals surface area contributed by atoms with Gasteiger partial charge in [-0.15, -0.1) is 0 Å². The van der Waals surface area contributed by atoms with Crippen molar-refractivity contribution in [2.75, 3.05) is 0 Å². The molecule has 0 saturated heterocycles. The lowest BCUT2D eigenvalue weighted by Gasteiger charge is -2.11. The summed E-state index contributed by atoms with van der Waals surface area (Å²) >= 11 is 6.20. The third-order valence-electron chi connectivity index (χ3n) is 3.07. The molecule has 19 heavy (non-hydrogen) atoms. The van der Waals surface area contributed by atoms with Crippen LogP contribution in [0.5, 0.6) is 5.75 Å². The van der Waals surface area contributed by atoms with Gasteiger partial charge in [0.05, 0.1) is 0 Å². The van der Waals surface area contributed by atoms with Crippen LogP contribution < -0.4 is 10.5 Å². The first-order valence-electron chi connectivity index (χ1n) is 6.27. The zero-order valence-electron chi connectivity index (χ0n) is 11.2. The molecule has 2 N–H and O–H groups in total. The van der Waals surface area contributed by atoms with Gasteiger partial charge >= 0.3 is 0 Å². The largest absolute Gasteiger partial charge is 0.489 e. The maximum atomic E-state index is 6.20. The van der Waals surface area contributed by atoms with Crippen LogP contribution in [-0.2, 0) is 13.2 Å².